The Hall–Kier alpha value is -1.22. The standard InChI is InChI=1S/C15H24N2O/c1-3-18-13-7-8-14(11(2)9-13)17-15-6-4-5-12(15)10-16/h7-9,12,15,17H,3-6,10,16H2,1-2H3. The van der Waals surface area contributed by atoms with Gasteiger partial charge in [0.2, 0.25) is 0 Å². The van der Waals surface area contributed by atoms with Crippen LogP contribution in [0, 0.1) is 12.8 Å². The molecule has 1 fully saturated rings. The number of rotatable bonds is 5. The van der Waals surface area contributed by atoms with E-state index in [1.807, 2.05) is 13.0 Å². The van der Waals surface area contributed by atoms with Gasteiger partial charge in [0.15, 0.2) is 0 Å². The molecule has 1 saturated carbocycles. The first kappa shape index (κ1) is 13.2. The smallest absolute Gasteiger partial charge is 0.119 e. The average molecular weight is 248 g/mol. The summed E-state index contributed by atoms with van der Waals surface area (Å²) in [5.74, 6) is 1.57. The molecule has 1 aromatic rings. The first-order chi connectivity index (χ1) is 8.74. The molecule has 0 saturated heterocycles. The Morgan fingerprint density at radius 1 is 1.39 bits per heavy atom. The molecular weight excluding hydrogens is 224 g/mol. The summed E-state index contributed by atoms with van der Waals surface area (Å²) in [5.41, 5.74) is 8.27. The Morgan fingerprint density at radius 3 is 2.89 bits per heavy atom. The lowest BCUT2D eigenvalue weighted by Crippen LogP contribution is -2.29. The molecule has 0 amide bonds. The summed E-state index contributed by atoms with van der Waals surface area (Å²) in [7, 11) is 0. The van der Waals surface area contributed by atoms with Gasteiger partial charge in [-0.3, -0.25) is 0 Å². The third-order valence-corrected chi connectivity index (χ3v) is 3.81. The van der Waals surface area contributed by atoms with Crippen LogP contribution in [-0.2, 0) is 0 Å². The number of hydrogen-bond donors (Lipinski definition) is 2. The SMILES string of the molecule is CCOc1ccc(NC2CCCC2CN)c(C)c1. The molecule has 0 bridgehead atoms. The van der Waals surface area contributed by atoms with Crippen LogP contribution < -0.4 is 15.8 Å². The van der Waals surface area contributed by atoms with Crippen molar-refractivity contribution < 1.29 is 4.74 Å². The van der Waals surface area contributed by atoms with Gasteiger partial charge in [0.25, 0.3) is 0 Å². The fourth-order valence-corrected chi connectivity index (χ4v) is 2.76. The van der Waals surface area contributed by atoms with E-state index in [-0.39, 0.29) is 0 Å². The van der Waals surface area contributed by atoms with Crippen LogP contribution in [0.3, 0.4) is 0 Å². The van der Waals surface area contributed by atoms with Crippen molar-refractivity contribution in [2.24, 2.45) is 11.7 Å². The van der Waals surface area contributed by atoms with Crippen LogP contribution >= 0.6 is 0 Å². The van der Waals surface area contributed by atoms with Crippen LogP contribution in [0.4, 0.5) is 5.69 Å². The topological polar surface area (TPSA) is 47.3 Å². The number of nitrogens with one attached hydrogen (secondary N) is 1. The second kappa shape index (κ2) is 6.10. The summed E-state index contributed by atoms with van der Waals surface area (Å²) in [5, 5.41) is 3.64. The maximum Gasteiger partial charge on any atom is 0.119 e. The molecular formula is C15H24N2O. The van der Waals surface area contributed by atoms with E-state index in [0.29, 0.717) is 18.6 Å². The van der Waals surface area contributed by atoms with E-state index in [4.69, 9.17) is 10.5 Å². The zero-order chi connectivity index (χ0) is 13.0. The molecule has 0 aromatic heterocycles. The lowest BCUT2D eigenvalue weighted by atomic mass is 10.0. The highest BCUT2D eigenvalue weighted by molar-refractivity contribution is 5.54. The van der Waals surface area contributed by atoms with Crippen molar-refractivity contribution in [3.05, 3.63) is 23.8 Å². The van der Waals surface area contributed by atoms with Crippen molar-refractivity contribution in [1.82, 2.24) is 0 Å². The van der Waals surface area contributed by atoms with Gasteiger partial charge in [-0.15, -0.1) is 0 Å². The number of nitrogens with two attached hydrogens (primary N) is 1. The van der Waals surface area contributed by atoms with E-state index in [1.165, 1.54) is 30.5 Å². The minimum Gasteiger partial charge on any atom is -0.494 e. The first-order valence-corrected chi connectivity index (χ1v) is 6.94. The summed E-state index contributed by atoms with van der Waals surface area (Å²) in [4.78, 5) is 0. The molecule has 0 heterocycles. The Balaban J connectivity index is 2.05. The molecule has 1 aliphatic carbocycles. The van der Waals surface area contributed by atoms with Gasteiger partial charge in [0.1, 0.15) is 5.75 Å². The average Bonchev–Trinajstić information content (AvgIpc) is 2.80. The molecule has 18 heavy (non-hydrogen) atoms. The van der Waals surface area contributed by atoms with E-state index in [0.717, 1.165) is 12.3 Å². The molecule has 100 valence electrons. The molecule has 3 N–H and O–H groups in total. The fourth-order valence-electron chi connectivity index (χ4n) is 2.76. The second-order valence-electron chi connectivity index (χ2n) is 5.09. The third-order valence-electron chi connectivity index (χ3n) is 3.81. The van der Waals surface area contributed by atoms with Crippen molar-refractivity contribution in [3.8, 4) is 5.75 Å². The van der Waals surface area contributed by atoms with Crippen molar-refractivity contribution >= 4 is 5.69 Å². The van der Waals surface area contributed by atoms with Crippen LogP contribution in [0.5, 0.6) is 5.75 Å². The minimum atomic E-state index is 0.534. The van der Waals surface area contributed by atoms with Gasteiger partial charge >= 0.3 is 0 Å². The Labute approximate surface area is 110 Å². The van der Waals surface area contributed by atoms with Crippen LogP contribution in [0.2, 0.25) is 0 Å². The lowest BCUT2D eigenvalue weighted by molar-refractivity contribution is 0.340. The quantitative estimate of drug-likeness (QED) is 0.842. The Bertz CT molecular complexity index is 392. The van der Waals surface area contributed by atoms with Gasteiger partial charge in [-0.2, -0.15) is 0 Å². The second-order valence-corrected chi connectivity index (χ2v) is 5.09. The summed E-state index contributed by atoms with van der Waals surface area (Å²) in [6.07, 6.45) is 3.77. The van der Waals surface area contributed by atoms with Gasteiger partial charge < -0.3 is 15.8 Å². The van der Waals surface area contributed by atoms with E-state index in [9.17, 15) is 0 Å². The first-order valence-electron chi connectivity index (χ1n) is 6.94. The maximum atomic E-state index is 5.82. The summed E-state index contributed by atoms with van der Waals surface area (Å²) in [6, 6.07) is 6.78. The highest BCUT2D eigenvalue weighted by atomic mass is 16.5. The summed E-state index contributed by atoms with van der Waals surface area (Å²) >= 11 is 0. The molecule has 0 spiro atoms. The maximum absolute atomic E-state index is 5.82. The number of ether oxygens (including phenoxy) is 1. The molecule has 2 atom stereocenters. The van der Waals surface area contributed by atoms with Crippen molar-refractivity contribution in [2.75, 3.05) is 18.5 Å². The van der Waals surface area contributed by atoms with E-state index in [1.54, 1.807) is 0 Å². The predicted molar refractivity (Wildman–Crippen MR) is 76.2 cm³/mol. The van der Waals surface area contributed by atoms with Crippen molar-refractivity contribution in [3.63, 3.8) is 0 Å². The highest BCUT2D eigenvalue weighted by Crippen LogP contribution is 2.30. The van der Waals surface area contributed by atoms with Gasteiger partial charge in [-0.1, -0.05) is 6.42 Å². The van der Waals surface area contributed by atoms with Gasteiger partial charge in [-0.25, -0.2) is 0 Å². The van der Waals surface area contributed by atoms with Gasteiger partial charge in [0, 0.05) is 11.7 Å². The van der Waals surface area contributed by atoms with Crippen LogP contribution in [0.15, 0.2) is 18.2 Å². The van der Waals surface area contributed by atoms with Crippen molar-refractivity contribution in [2.45, 2.75) is 39.2 Å². The summed E-state index contributed by atoms with van der Waals surface area (Å²) in [6.45, 7) is 5.63. The number of hydrogen-bond acceptors (Lipinski definition) is 3. The molecule has 2 rings (SSSR count). The summed E-state index contributed by atoms with van der Waals surface area (Å²) < 4.78 is 5.51. The normalized spacial score (nSPS) is 23.1. The molecule has 3 heteroatoms. The Kier molecular flexibility index (Phi) is 4.48. The molecule has 1 aromatic carbocycles. The van der Waals surface area contributed by atoms with Crippen molar-refractivity contribution in [1.29, 1.82) is 0 Å². The number of anilines is 1. The highest BCUT2D eigenvalue weighted by Gasteiger charge is 2.26. The molecule has 0 aliphatic heterocycles. The monoisotopic (exact) mass is 248 g/mol. The third kappa shape index (κ3) is 2.96. The lowest BCUT2D eigenvalue weighted by Gasteiger charge is -2.22. The van der Waals surface area contributed by atoms with Crippen LogP contribution in [-0.4, -0.2) is 19.2 Å². The largest absolute Gasteiger partial charge is 0.494 e. The van der Waals surface area contributed by atoms with E-state index in [2.05, 4.69) is 24.4 Å². The van der Waals surface area contributed by atoms with E-state index >= 15 is 0 Å². The predicted octanol–water partition coefficient (Wildman–Crippen LogP) is 2.93. The minimum absolute atomic E-state index is 0.534. The Morgan fingerprint density at radius 2 is 2.22 bits per heavy atom. The van der Waals surface area contributed by atoms with Gasteiger partial charge in [0.05, 0.1) is 6.61 Å². The molecule has 3 nitrogen and oxygen atoms in total. The number of benzene rings is 1. The molecule has 2 unspecified atom stereocenters. The van der Waals surface area contributed by atoms with Crippen LogP contribution in [0.25, 0.3) is 0 Å². The van der Waals surface area contributed by atoms with E-state index < -0.39 is 0 Å². The number of aryl methyl sites for hydroxylation is 1. The zero-order valence-corrected chi connectivity index (χ0v) is 11.4. The van der Waals surface area contributed by atoms with Crippen LogP contribution in [0.1, 0.15) is 31.7 Å². The van der Waals surface area contributed by atoms with Gasteiger partial charge in [-0.05, 0) is 62.9 Å². The zero-order valence-electron chi connectivity index (χ0n) is 11.4. The fraction of sp³-hybridized carbons (Fsp3) is 0.600. The molecule has 1 aliphatic rings. The molecule has 0 radical (unpaired) electrons.